The summed E-state index contributed by atoms with van der Waals surface area (Å²) in [6.45, 7) is 8.14. The molecule has 0 saturated heterocycles. The van der Waals surface area contributed by atoms with Crippen LogP contribution in [0.4, 0.5) is 0 Å². The van der Waals surface area contributed by atoms with Crippen molar-refractivity contribution in [3.63, 3.8) is 0 Å². The molecule has 4 heteroatoms. The van der Waals surface area contributed by atoms with Crippen molar-refractivity contribution in [2.75, 3.05) is 13.2 Å². The molecule has 4 nitrogen and oxygen atoms in total. The molecule has 1 atom stereocenters. The predicted molar refractivity (Wildman–Crippen MR) is 86.6 cm³/mol. The van der Waals surface area contributed by atoms with E-state index in [1.165, 1.54) is 37.8 Å². The quantitative estimate of drug-likeness (QED) is 0.840. The van der Waals surface area contributed by atoms with Crippen LogP contribution in [0.3, 0.4) is 0 Å². The highest BCUT2D eigenvalue weighted by Crippen LogP contribution is 2.36. The highest BCUT2D eigenvalue weighted by atomic mass is 16.5. The second-order valence-electron chi connectivity index (χ2n) is 6.27. The molecule has 0 radical (unpaired) electrons. The first-order valence-electron chi connectivity index (χ1n) is 8.48. The van der Waals surface area contributed by atoms with Crippen LogP contribution in [0.2, 0.25) is 0 Å². The van der Waals surface area contributed by atoms with Gasteiger partial charge in [0.25, 0.3) is 0 Å². The van der Waals surface area contributed by atoms with Crippen molar-refractivity contribution < 1.29 is 4.74 Å². The van der Waals surface area contributed by atoms with Gasteiger partial charge in [0.2, 0.25) is 0 Å². The highest BCUT2D eigenvalue weighted by Gasteiger charge is 2.40. The first kappa shape index (κ1) is 16.5. The van der Waals surface area contributed by atoms with Crippen LogP contribution in [0.1, 0.15) is 57.3 Å². The van der Waals surface area contributed by atoms with Gasteiger partial charge in [0, 0.05) is 31.8 Å². The van der Waals surface area contributed by atoms with E-state index in [-0.39, 0.29) is 5.60 Å². The lowest BCUT2D eigenvalue weighted by molar-refractivity contribution is -0.0897. The average molecular weight is 293 g/mol. The van der Waals surface area contributed by atoms with Crippen molar-refractivity contribution in [1.82, 2.24) is 15.1 Å². The number of hydrogen-bond donors (Lipinski definition) is 1. The summed E-state index contributed by atoms with van der Waals surface area (Å²) < 4.78 is 8.33. The third-order valence-corrected chi connectivity index (χ3v) is 4.73. The minimum Gasteiger partial charge on any atom is -0.374 e. The summed E-state index contributed by atoms with van der Waals surface area (Å²) in [5, 5.41) is 8.18. The van der Waals surface area contributed by atoms with E-state index >= 15 is 0 Å². The number of hydrogen-bond acceptors (Lipinski definition) is 3. The van der Waals surface area contributed by atoms with Crippen LogP contribution in [-0.4, -0.2) is 34.6 Å². The summed E-state index contributed by atoms with van der Waals surface area (Å²) in [5.41, 5.74) is 2.39. The predicted octanol–water partition coefficient (Wildman–Crippen LogP) is 2.99. The normalized spacial score (nSPS) is 19.6. The Balaban J connectivity index is 2.20. The third kappa shape index (κ3) is 3.86. The lowest BCUT2D eigenvalue weighted by Crippen LogP contribution is -2.55. The maximum Gasteiger partial charge on any atom is 0.0838 e. The number of likely N-dealkylation sites (N-methyl/N-ethyl adjacent to an activating group) is 1. The molecule has 1 aromatic rings. The zero-order chi connectivity index (χ0) is 15.3. The zero-order valence-electron chi connectivity index (χ0n) is 14.1. The number of aromatic nitrogens is 2. The SMILES string of the molecule is CCNC(Cc1cc(C)nn1C)C1(OCC)CCCCC1. The summed E-state index contributed by atoms with van der Waals surface area (Å²) in [7, 11) is 2.04. The molecule has 0 aromatic carbocycles. The fourth-order valence-corrected chi connectivity index (χ4v) is 3.79. The summed E-state index contributed by atoms with van der Waals surface area (Å²) in [5.74, 6) is 0. The van der Waals surface area contributed by atoms with Crippen LogP contribution in [0, 0.1) is 6.92 Å². The second-order valence-corrected chi connectivity index (χ2v) is 6.27. The molecule has 1 aliphatic carbocycles. The molecule has 1 aromatic heterocycles. The average Bonchev–Trinajstić information content (AvgIpc) is 2.78. The Bertz CT molecular complexity index is 430. The summed E-state index contributed by atoms with van der Waals surface area (Å²) in [6, 6.07) is 2.57. The first-order chi connectivity index (χ1) is 10.1. The molecule has 1 aliphatic rings. The van der Waals surface area contributed by atoms with Crippen LogP contribution >= 0.6 is 0 Å². The van der Waals surface area contributed by atoms with E-state index in [9.17, 15) is 0 Å². The second kappa shape index (κ2) is 7.41. The number of aryl methyl sites for hydroxylation is 2. The lowest BCUT2D eigenvalue weighted by Gasteiger charge is -2.43. The fourth-order valence-electron chi connectivity index (χ4n) is 3.79. The van der Waals surface area contributed by atoms with Crippen LogP contribution in [0.15, 0.2) is 6.07 Å². The zero-order valence-corrected chi connectivity index (χ0v) is 14.1. The standard InChI is InChI=1S/C17H31N3O/c1-5-18-16(13-15-12-14(3)19-20(15)4)17(21-6-2)10-8-7-9-11-17/h12,16,18H,5-11,13H2,1-4H3. The molecule has 2 rings (SSSR count). The Morgan fingerprint density at radius 1 is 1.33 bits per heavy atom. The van der Waals surface area contributed by atoms with Gasteiger partial charge >= 0.3 is 0 Å². The Morgan fingerprint density at radius 3 is 2.57 bits per heavy atom. The number of rotatable bonds is 7. The van der Waals surface area contributed by atoms with Crippen molar-refractivity contribution >= 4 is 0 Å². The van der Waals surface area contributed by atoms with E-state index in [4.69, 9.17) is 4.74 Å². The van der Waals surface area contributed by atoms with Gasteiger partial charge < -0.3 is 10.1 Å². The Morgan fingerprint density at radius 2 is 2.05 bits per heavy atom. The van der Waals surface area contributed by atoms with Gasteiger partial charge in [-0.15, -0.1) is 0 Å². The first-order valence-corrected chi connectivity index (χ1v) is 8.48. The molecule has 21 heavy (non-hydrogen) atoms. The van der Waals surface area contributed by atoms with E-state index in [2.05, 4.69) is 37.3 Å². The maximum absolute atomic E-state index is 6.31. The molecule has 0 amide bonds. The minimum atomic E-state index is 0.00118. The fraction of sp³-hybridized carbons (Fsp3) is 0.824. The molecular formula is C17H31N3O. The summed E-state index contributed by atoms with van der Waals surface area (Å²) in [6.07, 6.45) is 7.26. The van der Waals surface area contributed by atoms with Crippen molar-refractivity contribution in [1.29, 1.82) is 0 Å². The third-order valence-electron chi connectivity index (χ3n) is 4.73. The molecule has 1 saturated carbocycles. The van der Waals surface area contributed by atoms with E-state index in [1.807, 2.05) is 11.7 Å². The van der Waals surface area contributed by atoms with Gasteiger partial charge in [-0.1, -0.05) is 26.2 Å². The van der Waals surface area contributed by atoms with E-state index < -0.39 is 0 Å². The van der Waals surface area contributed by atoms with Gasteiger partial charge in [0.15, 0.2) is 0 Å². The monoisotopic (exact) mass is 293 g/mol. The number of nitrogens with zero attached hydrogens (tertiary/aromatic N) is 2. The molecule has 0 bridgehead atoms. The Hall–Kier alpha value is -0.870. The van der Waals surface area contributed by atoms with Gasteiger partial charge in [-0.25, -0.2) is 0 Å². The van der Waals surface area contributed by atoms with E-state index in [1.54, 1.807) is 0 Å². The minimum absolute atomic E-state index is 0.00118. The molecule has 1 N–H and O–H groups in total. The largest absolute Gasteiger partial charge is 0.374 e. The Kier molecular flexibility index (Phi) is 5.82. The van der Waals surface area contributed by atoms with Crippen LogP contribution < -0.4 is 5.32 Å². The van der Waals surface area contributed by atoms with E-state index in [0.29, 0.717) is 6.04 Å². The van der Waals surface area contributed by atoms with Crippen LogP contribution in [-0.2, 0) is 18.2 Å². The topological polar surface area (TPSA) is 39.1 Å². The molecule has 0 spiro atoms. The van der Waals surface area contributed by atoms with Gasteiger partial charge in [-0.3, -0.25) is 4.68 Å². The van der Waals surface area contributed by atoms with Gasteiger partial charge in [-0.05, 0) is 39.3 Å². The number of nitrogens with one attached hydrogen (secondary N) is 1. The maximum atomic E-state index is 6.31. The van der Waals surface area contributed by atoms with Crippen LogP contribution in [0.5, 0.6) is 0 Å². The van der Waals surface area contributed by atoms with Gasteiger partial charge in [0.1, 0.15) is 0 Å². The van der Waals surface area contributed by atoms with Gasteiger partial charge in [0.05, 0.1) is 11.3 Å². The van der Waals surface area contributed by atoms with Crippen molar-refractivity contribution in [3.05, 3.63) is 17.5 Å². The lowest BCUT2D eigenvalue weighted by atomic mass is 9.77. The molecule has 1 heterocycles. The van der Waals surface area contributed by atoms with Crippen molar-refractivity contribution in [2.45, 2.75) is 70.9 Å². The smallest absolute Gasteiger partial charge is 0.0838 e. The molecular weight excluding hydrogens is 262 g/mol. The summed E-state index contributed by atoms with van der Waals surface area (Å²) in [4.78, 5) is 0. The molecule has 120 valence electrons. The molecule has 1 fully saturated rings. The molecule has 1 unspecified atom stereocenters. The van der Waals surface area contributed by atoms with Crippen LogP contribution in [0.25, 0.3) is 0 Å². The van der Waals surface area contributed by atoms with Crippen molar-refractivity contribution in [2.24, 2.45) is 7.05 Å². The van der Waals surface area contributed by atoms with Crippen molar-refractivity contribution in [3.8, 4) is 0 Å². The summed E-state index contributed by atoms with van der Waals surface area (Å²) >= 11 is 0. The van der Waals surface area contributed by atoms with Gasteiger partial charge in [-0.2, -0.15) is 5.10 Å². The molecule has 0 aliphatic heterocycles. The van der Waals surface area contributed by atoms with E-state index in [0.717, 1.165) is 25.3 Å². The highest BCUT2D eigenvalue weighted by molar-refractivity contribution is 5.12. The number of ether oxygens (including phenoxy) is 1. The Labute approximate surface area is 129 Å².